The number of benzene rings is 1. The Bertz CT molecular complexity index is 534. The summed E-state index contributed by atoms with van der Waals surface area (Å²) in [7, 11) is 0. The minimum atomic E-state index is 0.194. The van der Waals surface area contributed by atoms with Crippen LogP contribution in [0.5, 0.6) is 0 Å². The summed E-state index contributed by atoms with van der Waals surface area (Å²) < 4.78 is 5.42. The molecule has 4 nitrogen and oxygen atoms in total. The van der Waals surface area contributed by atoms with Crippen molar-refractivity contribution in [2.24, 2.45) is 0 Å². The number of hydrogen-bond acceptors (Lipinski definition) is 4. The fourth-order valence-electron chi connectivity index (χ4n) is 2.60. The number of hydrogen-bond donors (Lipinski definition) is 1. The Hall–Kier alpha value is -1.65. The fraction of sp³-hybridized carbons (Fsp3) is 0.438. The average Bonchev–Trinajstić information content (AvgIpc) is 2.87. The molecule has 1 aliphatic rings. The predicted molar refractivity (Wildman–Crippen MR) is 77.1 cm³/mol. The Balaban J connectivity index is 1.69. The molecule has 0 spiro atoms. The Morgan fingerprint density at radius 3 is 2.70 bits per heavy atom. The summed E-state index contributed by atoms with van der Waals surface area (Å²) in [4.78, 5) is 2.30. The monoisotopic (exact) mass is 272 g/mol. The zero-order valence-corrected chi connectivity index (χ0v) is 11.5. The van der Waals surface area contributed by atoms with Gasteiger partial charge in [-0.05, 0) is 12.8 Å². The second kappa shape index (κ2) is 6.20. The molecule has 0 amide bonds. The molecule has 1 N–H and O–H groups in total. The maximum Gasteiger partial charge on any atom is 0.167 e. The number of rotatable bonds is 6. The molecular weight excluding hydrogens is 252 g/mol. The molecule has 1 heterocycles. The smallest absolute Gasteiger partial charge is 0.167 e. The molecule has 1 saturated carbocycles. The quantitative estimate of drug-likeness (QED) is 0.878. The van der Waals surface area contributed by atoms with E-state index < -0.39 is 0 Å². The highest BCUT2D eigenvalue weighted by molar-refractivity contribution is 5.56. The summed E-state index contributed by atoms with van der Waals surface area (Å²) in [5.41, 5.74) is 1.98. The lowest BCUT2D eigenvalue weighted by Crippen LogP contribution is -2.41. The third-order valence-corrected chi connectivity index (χ3v) is 3.96. The van der Waals surface area contributed by atoms with E-state index in [9.17, 15) is 5.11 Å². The molecule has 3 rings (SSSR count). The van der Waals surface area contributed by atoms with E-state index in [4.69, 9.17) is 4.52 Å². The Labute approximate surface area is 119 Å². The van der Waals surface area contributed by atoms with E-state index in [2.05, 4.69) is 10.1 Å². The maximum absolute atomic E-state index is 9.18. The van der Waals surface area contributed by atoms with E-state index in [1.54, 1.807) is 0 Å². The van der Waals surface area contributed by atoms with Gasteiger partial charge in [0.25, 0.3) is 0 Å². The fourth-order valence-corrected chi connectivity index (χ4v) is 2.60. The average molecular weight is 272 g/mol. The van der Waals surface area contributed by atoms with Crippen LogP contribution in [-0.2, 0) is 6.54 Å². The number of aliphatic hydroxyl groups is 1. The van der Waals surface area contributed by atoms with Gasteiger partial charge in [0.2, 0.25) is 0 Å². The van der Waals surface area contributed by atoms with Crippen molar-refractivity contribution in [1.29, 1.82) is 0 Å². The molecule has 0 saturated heterocycles. The van der Waals surface area contributed by atoms with Gasteiger partial charge in [-0.3, -0.25) is 4.90 Å². The summed E-state index contributed by atoms with van der Waals surface area (Å²) in [5, 5.41) is 13.3. The van der Waals surface area contributed by atoms with Crippen LogP contribution in [0.2, 0.25) is 0 Å². The van der Waals surface area contributed by atoms with Crippen molar-refractivity contribution in [2.75, 3.05) is 13.2 Å². The normalized spacial score (nSPS) is 15.5. The van der Waals surface area contributed by atoms with Crippen LogP contribution in [0, 0.1) is 0 Å². The van der Waals surface area contributed by atoms with Crippen molar-refractivity contribution in [3.8, 4) is 11.3 Å². The van der Waals surface area contributed by atoms with Gasteiger partial charge in [0.15, 0.2) is 5.76 Å². The molecule has 2 aromatic rings. The third-order valence-electron chi connectivity index (χ3n) is 3.96. The van der Waals surface area contributed by atoms with Gasteiger partial charge in [0, 0.05) is 30.8 Å². The molecule has 1 aromatic heterocycles. The highest BCUT2D eigenvalue weighted by Crippen LogP contribution is 2.27. The van der Waals surface area contributed by atoms with Crippen LogP contribution < -0.4 is 0 Å². The molecular formula is C16H20N2O2. The van der Waals surface area contributed by atoms with E-state index in [1.807, 2.05) is 36.4 Å². The second-order valence-electron chi connectivity index (χ2n) is 5.33. The lowest BCUT2D eigenvalue weighted by molar-refractivity contribution is 0.0923. The van der Waals surface area contributed by atoms with Crippen LogP contribution in [0.3, 0.4) is 0 Å². The maximum atomic E-state index is 9.18. The lowest BCUT2D eigenvalue weighted by Gasteiger charge is -2.36. The van der Waals surface area contributed by atoms with Gasteiger partial charge >= 0.3 is 0 Å². The van der Waals surface area contributed by atoms with Crippen LogP contribution in [0.25, 0.3) is 11.3 Å². The molecule has 20 heavy (non-hydrogen) atoms. The van der Waals surface area contributed by atoms with Gasteiger partial charge in [-0.25, -0.2) is 0 Å². The molecule has 0 bridgehead atoms. The molecule has 0 atom stereocenters. The first-order chi connectivity index (χ1) is 9.86. The van der Waals surface area contributed by atoms with Crippen molar-refractivity contribution in [3.05, 3.63) is 42.1 Å². The Kier molecular flexibility index (Phi) is 4.14. The Morgan fingerprint density at radius 1 is 1.25 bits per heavy atom. The minimum Gasteiger partial charge on any atom is -0.395 e. The summed E-state index contributed by atoms with van der Waals surface area (Å²) >= 11 is 0. The summed E-state index contributed by atoms with van der Waals surface area (Å²) in [6, 6.07) is 12.6. The molecule has 0 radical (unpaired) electrons. The first-order valence-electron chi connectivity index (χ1n) is 7.23. The molecule has 1 fully saturated rings. The molecule has 0 unspecified atom stereocenters. The highest BCUT2D eigenvalue weighted by Gasteiger charge is 2.25. The Morgan fingerprint density at radius 2 is 2.05 bits per heavy atom. The first kappa shape index (κ1) is 13.3. The van der Waals surface area contributed by atoms with Crippen LogP contribution in [-0.4, -0.2) is 34.4 Å². The topological polar surface area (TPSA) is 49.5 Å². The van der Waals surface area contributed by atoms with Crippen molar-refractivity contribution < 1.29 is 9.63 Å². The van der Waals surface area contributed by atoms with Crippen molar-refractivity contribution in [3.63, 3.8) is 0 Å². The SMILES string of the molecule is OCCN(Cc1cc(-c2ccccc2)on1)C1CCC1. The van der Waals surface area contributed by atoms with Crippen molar-refractivity contribution >= 4 is 0 Å². The summed E-state index contributed by atoms with van der Waals surface area (Å²) in [5.74, 6) is 0.804. The second-order valence-corrected chi connectivity index (χ2v) is 5.33. The standard InChI is InChI=1S/C16H20N2O2/c19-10-9-18(15-7-4-8-15)12-14-11-16(20-17-14)13-5-2-1-3-6-13/h1-3,5-6,11,15,19H,4,7-10,12H2. The highest BCUT2D eigenvalue weighted by atomic mass is 16.5. The van der Waals surface area contributed by atoms with Crippen LogP contribution in [0.1, 0.15) is 25.0 Å². The minimum absolute atomic E-state index is 0.194. The van der Waals surface area contributed by atoms with Crippen molar-refractivity contribution in [1.82, 2.24) is 10.1 Å². The van der Waals surface area contributed by atoms with Gasteiger partial charge in [-0.15, -0.1) is 0 Å². The van der Waals surface area contributed by atoms with Crippen LogP contribution in [0.15, 0.2) is 40.9 Å². The van der Waals surface area contributed by atoms with Crippen molar-refractivity contribution in [2.45, 2.75) is 31.8 Å². The van der Waals surface area contributed by atoms with Gasteiger partial charge in [-0.2, -0.15) is 0 Å². The molecule has 4 heteroatoms. The van der Waals surface area contributed by atoms with E-state index in [1.165, 1.54) is 19.3 Å². The molecule has 1 aromatic carbocycles. The summed E-state index contributed by atoms with van der Waals surface area (Å²) in [6.07, 6.45) is 3.74. The van der Waals surface area contributed by atoms with E-state index >= 15 is 0 Å². The number of nitrogens with zero attached hydrogens (tertiary/aromatic N) is 2. The third kappa shape index (κ3) is 2.92. The largest absolute Gasteiger partial charge is 0.395 e. The van der Waals surface area contributed by atoms with Gasteiger partial charge in [0.1, 0.15) is 0 Å². The lowest BCUT2D eigenvalue weighted by atomic mass is 9.91. The van der Waals surface area contributed by atoms with Crippen LogP contribution >= 0.6 is 0 Å². The molecule has 1 aliphatic carbocycles. The van der Waals surface area contributed by atoms with Gasteiger partial charge < -0.3 is 9.63 Å². The van der Waals surface area contributed by atoms with Gasteiger partial charge in [0.05, 0.1) is 12.3 Å². The molecule has 0 aliphatic heterocycles. The summed E-state index contributed by atoms with van der Waals surface area (Å²) in [6.45, 7) is 1.65. The van der Waals surface area contributed by atoms with Crippen LogP contribution in [0.4, 0.5) is 0 Å². The van der Waals surface area contributed by atoms with E-state index in [0.29, 0.717) is 12.6 Å². The first-order valence-corrected chi connectivity index (χ1v) is 7.23. The predicted octanol–water partition coefficient (Wildman–Crippen LogP) is 2.69. The zero-order chi connectivity index (χ0) is 13.8. The zero-order valence-electron chi connectivity index (χ0n) is 11.5. The van der Waals surface area contributed by atoms with Gasteiger partial charge in [-0.1, -0.05) is 41.9 Å². The number of aromatic nitrogens is 1. The number of aliphatic hydroxyl groups excluding tert-OH is 1. The van der Waals surface area contributed by atoms with E-state index in [-0.39, 0.29) is 6.61 Å². The molecule has 106 valence electrons. The van der Waals surface area contributed by atoms with E-state index in [0.717, 1.165) is 23.6 Å².